The SMILES string of the molecule is COc1cc(C#N)ccc1OCC(=O)NCCN(C)c1ccccc1. The topological polar surface area (TPSA) is 74.6 Å². The molecule has 2 aromatic carbocycles. The van der Waals surface area contributed by atoms with E-state index in [2.05, 4.69) is 10.2 Å². The summed E-state index contributed by atoms with van der Waals surface area (Å²) in [6.07, 6.45) is 0. The van der Waals surface area contributed by atoms with Crippen LogP contribution in [0.15, 0.2) is 48.5 Å². The van der Waals surface area contributed by atoms with Crippen LogP contribution >= 0.6 is 0 Å². The number of hydrogen-bond donors (Lipinski definition) is 1. The average molecular weight is 339 g/mol. The molecule has 1 N–H and O–H groups in total. The van der Waals surface area contributed by atoms with Gasteiger partial charge in [0.1, 0.15) is 0 Å². The molecule has 0 radical (unpaired) electrons. The third kappa shape index (κ3) is 5.43. The van der Waals surface area contributed by atoms with E-state index in [-0.39, 0.29) is 12.5 Å². The van der Waals surface area contributed by atoms with Crippen LogP contribution in [0.5, 0.6) is 11.5 Å². The Kier molecular flexibility index (Phi) is 6.66. The number of nitrogens with one attached hydrogen (secondary N) is 1. The maximum absolute atomic E-state index is 11.9. The fourth-order valence-electron chi connectivity index (χ4n) is 2.23. The van der Waals surface area contributed by atoms with Crippen molar-refractivity contribution in [1.82, 2.24) is 5.32 Å². The highest BCUT2D eigenvalue weighted by atomic mass is 16.5. The number of anilines is 1. The monoisotopic (exact) mass is 339 g/mol. The average Bonchev–Trinajstić information content (AvgIpc) is 2.66. The number of nitrogens with zero attached hydrogens (tertiary/aromatic N) is 2. The second-order valence-corrected chi connectivity index (χ2v) is 5.37. The van der Waals surface area contributed by atoms with Crippen LogP contribution in [0.4, 0.5) is 5.69 Å². The van der Waals surface area contributed by atoms with E-state index in [1.807, 2.05) is 43.4 Å². The van der Waals surface area contributed by atoms with Crippen LogP contribution in [0.2, 0.25) is 0 Å². The van der Waals surface area contributed by atoms with Gasteiger partial charge in [-0.05, 0) is 24.3 Å². The number of nitriles is 1. The number of likely N-dealkylation sites (N-methyl/N-ethyl adjacent to an activating group) is 1. The third-order valence-corrected chi connectivity index (χ3v) is 3.62. The first-order chi connectivity index (χ1) is 12.1. The second kappa shape index (κ2) is 9.18. The van der Waals surface area contributed by atoms with Crippen LogP contribution in [-0.4, -0.2) is 39.8 Å². The minimum absolute atomic E-state index is 0.114. The molecule has 0 aromatic heterocycles. The molecule has 0 atom stereocenters. The van der Waals surface area contributed by atoms with Gasteiger partial charge >= 0.3 is 0 Å². The van der Waals surface area contributed by atoms with Gasteiger partial charge in [-0.15, -0.1) is 0 Å². The minimum Gasteiger partial charge on any atom is -0.493 e. The Morgan fingerprint density at radius 1 is 1.20 bits per heavy atom. The summed E-state index contributed by atoms with van der Waals surface area (Å²) in [5.41, 5.74) is 1.56. The second-order valence-electron chi connectivity index (χ2n) is 5.37. The van der Waals surface area contributed by atoms with Crippen molar-refractivity contribution in [3.63, 3.8) is 0 Å². The number of methoxy groups -OCH3 is 1. The summed E-state index contributed by atoms with van der Waals surface area (Å²) in [6.45, 7) is 1.09. The Morgan fingerprint density at radius 3 is 2.64 bits per heavy atom. The molecule has 0 bridgehead atoms. The van der Waals surface area contributed by atoms with E-state index in [1.165, 1.54) is 7.11 Å². The maximum Gasteiger partial charge on any atom is 0.258 e. The van der Waals surface area contributed by atoms with Gasteiger partial charge in [0.2, 0.25) is 0 Å². The lowest BCUT2D eigenvalue weighted by Crippen LogP contribution is -2.35. The molecule has 130 valence electrons. The van der Waals surface area contributed by atoms with Crippen molar-refractivity contribution < 1.29 is 14.3 Å². The van der Waals surface area contributed by atoms with Crippen molar-refractivity contribution >= 4 is 11.6 Å². The Labute approximate surface area is 147 Å². The Morgan fingerprint density at radius 2 is 1.96 bits per heavy atom. The Hall–Kier alpha value is -3.20. The van der Waals surface area contributed by atoms with E-state index in [0.717, 1.165) is 5.69 Å². The standard InChI is InChI=1S/C19H21N3O3/c1-22(16-6-4-3-5-7-16)11-10-21-19(23)14-25-17-9-8-15(13-20)12-18(17)24-2/h3-9,12H,10-11,14H2,1-2H3,(H,21,23). The van der Waals surface area contributed by atoms with Crippen molar-refractivity contribution in [2.75, 3.05) is 38.8 Å². The molecule has 6 nitrogen and oxygen atoms in total. The highest BCUT2D eigenvalue weighted by Crippen LogP contribution is 2.27. The number of rotatable bonds is 8. The van der Waals surface area contributed by atoms with Gasteiger partial charge in [0, 0.05) is 31.9 Å². The van der Waals surface area contributed by atoms with Gasteiger partial charge in [0.25, 0.3) is 5.91 Å². The molecule has 0 aliphatic carbocycles. The molecule has 0 heterocycles. The van der Waals surface area contributed by atoms with Gasteiger partial charge in [-0.2, -0.15) is 5.26 Å². The Bertz CT molecular complexity index is 741. The van der Waals surface area contributed by atoms with Crippen molar-refractivity contribution in [2.45, 2.75) is 0 Å². The molecule has 0 unspecified atom stereocenters. The van der Waals surface area contributed by atoms with Gasteiger partial charge in [-0.3, -0.25) is 4.79 Å². The summed E-state index contributed by atoms with van der Waals surface area (Å²) in [4.78, 5) is 14.0. The van der Waals surface area contributed by atoms with E-state index in [9.17, 15) is 4.79 Å². The predicted octanol–water partition coefficient (Wildman–Crippen LogP) is 2.20. The van der Waals surface area contributed by atoms with Gasteiger partial charge in [0.15, 0.2) is 18.1 Å². The summed E-state index contributed by atoms with van der Waals surface area (Å²) in [7, 11) is 3.46. The van der Waals surface area contributed by atoms with Crippen molar-refractivity contribution in [3.8, 4) is 17.6 Å². The number of ether oxygens (including phenoxy) is 2. The van der Waals surface area contributed by atoms with Crippen molar-refractivity contribution in [1.29, 1.82) is 5.26 Å². The Balaban J connectivity index is 1.77. The number of carbonyl (C=O) groups excluding carboxylic acids is 1. The van der Waals surface area contributed by atoms with E-state index in [4.69, 9.17) is 14.7 Å². The first-order valence-corrected chi connectivity index (χ1v) is 7.88. The van der Waals surface area contributed by atoms with Crippen LogP contribution < -0.4 is 19.7 Å². The van der Waals surface area contributed by atoms with Gasteiger partial charge in [-0.1, -0.05) is 18.2 Å². The lowest BCUT2D eigenvalue weighted by atomic mass is 10.2. The number of para-hydroxylation sites is 1. The summed E-state index contributed by atoms with van der Waals surface area (Å²) < 4.78 is 10.6. The van der Waals surface area contributed by atoms with Gasteiger partial charge in [-0.25, -0.2) is 0 Å². The molecule has 2 rings (SSSR count). The van der Waals surface area contributed by atoms with Crippen molar-refractivity contribution in [3.05, 3.63) is 54.1 Å². The molecular formula is C19H21N3O3. The van der Waals surface area contributed by atoms with E-state index in [1.54, 1.807) is 18.2 Å². The zero-order valence-electron chi connectivity index (χ0n) is 14.4. The van der Waals surface area contributed by atoms with Gasteiger partial charge in [0.05, 0.1) is 18.7 Å². The quantitative estimate of drug-likeness (QED) is 0.798. The molecule has 0 aliphatic heterocycles. The van der Waals surface area contributed by atoms with Crippen LogP contribution in [0.25, 0.3) is 0 Å². The zero-order valence-corrected chi connectivity index (χ0v) is 14.4. The molecule has 0 saturated heterocycles. The third-order valence-electron chi connectivity index (χ3n) is 3.62. The number of hydrogen-bond acceptors (Lipinski definition) is 5. The number of amides is 1. The van der Waals surface area contributed by atoms with E-state index >= 15 is 0 Å². The summed E-state index contributed by atoms with van der Waals surface area (Å²) >= 11 is 0. The van der Waals surface area contributed by atoms with E-state index < -0.39 is 0 Å². The molecule has 0 fully saturated rings. The summed E-state index contributed by atoms with van der Waals surface area (Å²) in [5, 5.41) is 11.7. The highest BCUT2D eigenvalue weighted by Gasteiger charge is 2.09. The molecule has 6 heteroatoms. The number of carbonyl (C=O) groups is 1. The highest BCUT2D eigenvalue weighted by molar-refractivity contribution is 5.77. The zero-order chi connectivity index (χ0) is 18.1. The van der Waals surface area contributed by atoms with Crippen LogP contribution in [0.1, 0.15) is 5.56 Å². The fourth-order valence-corrected chi connectivity index (χ4v) is 2.23. The first-order valence-electron chi connectivity index (χ1n) is 7.88. The summed E-state index contributed by atoms with van der Waals surface area (Å²) in [6, 6.07) is 16.8. The lowest BCUT2D eigenvalue weighted by molar-refractivity contribution is -0.123. The van der Waals surface area contributed by atoms with Crippen LogP contribution in [-0.2, 0) is 4.79 Å². The van der Waals surface area contributed by atoms with Crippen LogP contribution in [0.3, 0.4) is 0 Å². The van der Waals surface area contributed by atoms with Crippen molar-refractivity contribution in [2.24, 2.45) is 0 Å². The molecule has 25 heavy (non-hydrogen) atoms. The number of benzene rings is 2. The predicted molar refractivity (Wildman–Crippen MR) is 95.9 cm³/mol. The molecular weight excluding hydrogens is 318 g/mol. The first kappa shape index (κ1) is 18.1. The molecule has 0 aliphatic rings. The van der Waals surface area contributed by atoms with Crippen LogP contribution in [0, 0.1) is 11.3 Å². The smallest absolute Gasteiger partial charge is 0.258 e. The lowest BCUT2D eigenvalue weighted by Gasteiger charge is -2.19. The molecule has 1 amide bonds. The largest absolute Gasteiger partial charge is 0.493 e. The normalized spacial score (nSPS) is 9.80. The summed E-state index contributed by atoms with van der Waals surface area (Å²) in [5.74, 6) is 0.640. The van der Waals surface area contributed by atoms with E-state index in [0.29, 0.717) is 30.2 Å². The minimum atomic E-state index is -0.215. The molecule has 2 aromatic rings. The maximum atomic E-state index is 11.9. The fraction of sp³-hybridized carbons (Fsp3) is 0.263. The molecule has 0 spiro atoms. The van der Waals surface area contributed by atoms with Gasteiger partial charge < -0.3 is 19.7 Å². The molecule has 0 saturated carbocycles.